The minimum Gasteiger partial charge on any atom is -0.497 e. The van der Waals surface area contributed by atoms with Crippen LogP contribution in [0.4, 0.5) is 5.69 Å². The topological polar surface area (TPSA) is 49.8 Å². The molecule has 0 heterocycles. The Kier molecular flexibility index (Phi) is 4.53. The van der Waals surface area contributed by atoms with Crippen LogP contribution in [0.2, 0.25) is 0 Å². The van der Waals surface area contributed by atoms with Crippen molar-refractivity contribution < 1.29 is 14.6 Å². The molecule has 0 aliphatic carbocycles. The molecule has 5 heteroatoms. The van der Waals surface area contributed by atoms with E-state index in [0.717, 1.165) is 16.3 Å². The van der Waals surface area contributed by atoms with Crippen molar-refractivity contribution in [2.45, 2.75) is 4.90 Å². The number of rotatable bonds is 5. The summed E-state index contributed by atoms with van der Waals surface area (Å²) in [6.45, 7) is 0. The first-order valence-corrected chi connectivity index (χ1v) is 6.76. The Morgan fingerprint density at radius 2 is 1.70 bits per heavy atom. The summed E-state index contributed by atoms with van der Waals surface area (Å²) in [5, 5.41) is 8.86. The Hall–Kier alpha value is -2.14. The molecule has 0 spiro atoms. The normalized spacial score (nSPS) is 10.1. The second kappa shape index (κ2) is 6.34. The van der Waals surface area contributed by atoms with E-state index in [4.69, 9.17) is 9.84 Å². The maximum atomic E-state index is 10.8. The smallest absolute Gasteiger partial charge is 0.335 e. The van der Waals surface area contributed by atoms with Crippen molar-refractivity contribution in [3.8, 4) is 5.75 Å². The van der Waals surface area contributed by atoms with Crippen LogP contribution in [0.25, 0.3) is 0 Å². The fraction of sp³-hybridized carbons (Fsp3) is 0.133. The number of carbonyl (C=O) groups is 1. The molecule has 0 aromatic heterocycles. The summed E-state index contributed by atoms with van der Waals surface area (Å²) in [7, 11) is 3.59. The van der Waals surface area contributed by atoms with E-state index in [9.17, 15) is 4.79 Å². The van der Waals surface area contributed by atoms with Crippen molar-refractivity contribution in [3.05, 3.63) is 54.1 Å². The van der Waals surface area contributed by atoms with E-state index in [2.05, 4.69) is 0 Å². The third-order valence-electron chi connectivity index (χ3n) is 2.78. The van der Waals surface area contributed by atoms with Crippen LogP contribution in [0.3, 0.4) is 0 Å². The van der Waals surface area contributed by atoms with Crippen LogP contribution < -0.4 is 9.04 Å². The SMILES string of the molecule is COc1ccc(N(C)Sc2ccc(C(=O)O)cc2)cc1. The van der Waals surface area contributed by atoms with Crippen molar-refractivity contribution in [2.75, 3.05) is 18.5 Å². The summed E-state index contributed by atoms with van der Waals surface area (Å²) in [5.74, 6) is -0.0944. The van der Waals surface area contributed by atoms with E-state index in [1.807, 2.05) is 35.6 Å². The van der Waals surface area contributed by atoms with Gasteiger partial charge in [0.25, 0.3) is 0 Å². The molecule has 0 saturated carbocycles. The molecule has 4 nitrogen and oxygen atoms in total. The lowest BCUT2D eigenvalue weighted by Gasteiger charge is -2.18. The highest BCUT2D eigenvalue weighted by Crippen LogP contribution is 2.28. The number of benzene rings is 2. The molecule has 0 aliphatic heterocycles. The second-order valence-electron chi connectivity index (χ2n) is 4.12. The van der Waals surface area contributed by atoms with Gasteiger partial charge in [-0.1, -0.05) is 0 Å². The van der Waals surface area contributed by atoms with Gasteiger partial charge >= 0.3 is 5.97 Å². The van der Waals surface area contributed by atoms with Gasteiger partial charge in [0, 0.05) is 17.6 Å². The highest BCUT2D eigenvalue weighted by molar-refractivity contribution is 8.00. The molecule has 2 aromatic rings. The van der Waals surface area contributed by atoms with E-state index >= 15 is 0 Å². The number of carboxylic acids is 1. The average Bonchev–Trinajstić information content (AvgIpc) is 2.48. The van der Waals surface area contributed by atoms with Gasteiger partial charge in [0.05, 0.1) is 12.7 Å². The molecule has 0 unspecified atom stereocenters. The predicted octanol–water partition coefficient (Wildman–Crippen LogP) is 3.54. The highest BCUT2D eigenvalue weighted by Gasteiger charge is 2.06. The van der Waals surface area contributed by atoms with Gasteiger partial charge in [-0.2, -0.15) is 0 Å². The van der Waals surface area contributed by atoms with E-state index in [1.54, 1.807) is 31.4 Å². The molecule has 2 rings (SSSR count). The first-order chi connectivity index (χ1) is 9.60. The maximum absolute atomic E-state index is 10.8. The standard InChI is InChI=1S/C15H15NO3S/c1-16(12-5-7-13(19-2)8-6-12)20-14-9-3-11(4-10-14)15(17)18/h3-10H,1-2H3,(H,17,18). The first-order valence-electron chi connectivity index (χ1n) is 5.99. The Balaban J connectivity index is 2.06. The molecule has 1 N–H and O–H groups in total. The van der Waals surface area contributed by atoms with Gasteiger partial charge in [-0.15, -0.1) is 0 Å². The lowest BCUT2D eigenvalue weighted by atomic mass is 10.2. The fourth-order valence-electron chi connectivity index (χ4n) is 1.66. The molecule has 0 radical (unpaired) electrons. The number of methoxy groups -OCH3 is 1. The van der Waals surface area contributed by atoms with Crippen LogP contribution in [-0.2, 0) is 0 Å². The van der Waals surface area contributed by atoms with Gasteiger partial charge in [0.2, 0.25) is 0 Å². The number of anilines is 1. The Morgan fingerprint density at radius 3 is 2.20 bits per heavy atom. The monoisotopic (exact) mass is 289 g/mol. The van der Waals surface area contributed by atoms with Gasteiger partial charge in [-0.25, -0.2) is 4.79 Å². The minimum atomic E-state index is -0.912. The molecule has 0 amide bonds. The van der Waals surface area contributed by atoms with Crippen molar-refractivity contribution in [3.63, 3.8) is 0 Å². The van der Waals surface area contributed by atoms with E-state index in [1.165, 1.54) is 11.9 Å². The van der Waals surface area contributed by atoms with Gasteiger partial charge in [-0.05, 0) is 60.5 Å². The number of hydrogen-bond donors (Lipinski definition) is 1. The summed E-state index contributed by atoms with van der Waals surface area (Å²) < 4.78 is 7.13. The molecule has 104 valence electrons. The summed E-state index contributed by atoms with van der Waals surface area (Å²) in [4.78, 5) is 11.8. The van der Waals surface area contributed by atoms with E-state index in [0.29, 0.717) is 5.56 Å². The van der Waals surface area contributed by atoms with Crippen LogP contribution in [-0.4, -0.2) is 25.2 Å². The molecular weight excluding hydrogens is 274 g/mol. The number of aromatic carboxylic acids is 1. The third-order valence-corrected chi connectivity index (χ3v) is 3.75. The summed E-state index contributed by atoms with van der Waals surface area (Å²) in [6.07, 6.45) is 0. The number of carboxylic acid groups (broad SMARTS) is 1. The molecule has 2 aromatic carbocycles. The lowest BCUT2D eigenvalue weighted by molar-refractivity contribution is 0.0697. The third kappa shape index (κ3) is 3.45. The maximum Gasteiger partial charge on any atom is 0.335 e. The zero-order chi connectivity index (χ0) is 14.5. The molecular formula is C15H15NO3S. The van der Waals surface area contributed by atoms with Gasteiger partial charge in [0.15, 0.2) is 0 Å². The molecule has 0 atom stereocenters. The van der Waals surface area contributed by atoms with Gasteiger partial charge in [-0.3, -0.25) is 0 Å². The zero-order valence-corrected chi connectivity index (χ0v) is 12.1. The lowest BCUT2D eigenvalue weighted by Crippen LogP contribution is -2.06. The minimum absolute atomic E-state index is 0.293. The summed E-state index contributed by atoms with van der Waals surface area (Å²) >= 11 is 1.53. The van der Waals surface area contributed by atoms with Crippen molar-refractivity contribution in [1.82, 2.24) is 0 Å². The van der Waals surface area contributed by atoms with Crippen LogP contribution >= 0.6 is 11.9 Å². The molecule has 0 bridgehead atoms. The number of hydrogen-bond acceptors (Lipinski definition) is 4. The van der Waals surface area contributed by atoms with Crippen molar-refractivity contribution >= 4 is 23.6 Å². The molecule has 20 heavy (non-hydrogen) atoms. The Morgan fingerprint density at radius 1 is 1.10 bits per heavy atom. The van der Waals surface area contributed by atoms with E-state index in [-0.39, 0.29) is 0 Å². The van der Waals surface area contributed by atoms with Gasteiger partial charge in [0.1, 0.15) is 5.75 Å². The van der Waals surface area contributed by atoms with Crippen LogP contribution in [0.5, 0.6) is 5.75 Å². The number of ether oxygens (including phenoxy) is 1. The zero-order valence-electron chi connectivity index (χ0n) is 11.2. The van der Waals surface area contributed by atoms with Crippen molar-refractivity contribution in [1.29, 1.82) is 0 Å². The average molecular weight is 289 g/mol. The largest absolute Gasteiger partial charge is 0.497 e. The molecule has 0 saturated heterocycles. The summed E-state index contributed by atoms with van der Waals surface area (Å²) in [5.41, 5.74) is 1.33. The second-order valence-corrected chi connectivity index (χ2v) is 5.32. The first kappa shape index (κ1) is 14.3. The predicted molar refractivity (Wildman–Crippen MR) is 80.7 cm³/mol. The highest BCUT2D eigenvalue weighted by atomic mass is 32.2. The number of nitrogens with zero attached hydrogens (tertiary/aromatic N) is 1. The molecule has 0 fully saturated rings. The van der Waals surface area contributed by atoms with Crippen LogP contribution in [0.1, 0.15) is 10.4 Å². The summed E-state index contributed by atoms with van der Waals surface area (Å²) in [6, 6.07) is 14.6. The van der Waals surface area contributed by atoms with Crippen molar-refractivity contribution in [2.24, 2.45) is 0 Å². The molecule has 0 aliphatic rings. The fourth-order valence-corrected chi connectivity index (χ4v) is 2.46. The van der Waals surface area contributed by atoms with E-state index < -0.39 is 5.97 Å². The Labute approximate surface area is 122 Å². The van der Waals surface area contributed by atoms with Crippen LogP contribution in [0, 0.1) is 0 Å². The Bertz CT molecular complexity index is 581. The van der Waals surface area contributed by atoms with Gasteiger partial charge < -0.3 is 14.1 Å². The quantitative estimate of drug-likeness (QED) is 0.853. The van der Waals surface area contributed by atoms with Crippen LogP contribution in [0.15, 0.2) is 53.4 Å².